The topological polar surface area (TPSA) is 75.4 Å². The van der Waals surface area contributed by atoms with E-state index >= 15 is 0 Å². The summed E-state index contributed by atoms with van der Waals surface area (Å²) in [6.45, 7) is 5.38. The Kier molecular flexibility index (Phi) is 4.54. The minimum Gasteiger partial charge on any atom is -0.394 e. The Bertz CT molecular complexity index is 519. The number of thioether (sulfide) groups is 1. The zero-order chi connectivity index (χ0) is 14.0. The molecule has 1 fully saturated rings. The van der Waals surface area contributed by atoms with Crippen LogP contribution >= 0.6 is 11.8 Å². The lowest BCUT2D eigenvalue weighted by Gasteiger charge is -2.33. The molecule has 2 atom stereocenters. The molecule has 2 unspecified atom stereocenters. The molecule has 2 heterocycles. The van der Waals surface area contributed by atoms with Crippen LogP contribution in [0.2, 0.25) is 0 Å². The third-order valence-corrected chi connectivity index (χ3v) is 5.97. The smallest absolute Gasteiger partial charge is 0.246 e. The van der Waals surface area contributed by atoms with Crippen molar-refractivity contribution in [3.63, 3.8) is 0 Å². The van der Waals surface area contributed by atoms with Gasteiger partial charge >= 0.3 is 0 Å². The number of aliphatic hydroxyl groups is 1. The average molecular weight is 305 g/mol. The van der Waals surface area contributed by atoms with E-state index in [1.807, 2.05) is 25.6 Å². The van der Waals surface area contributed by atoms with Gasteiger partial charge in [0.05, 0.1) is 19.3 Å². The van der Waals surface area contributed by atoms with Gasteiger partial charge in [0.1, 0.15) is 4.90 Å². The molecule has 0 bridgehead atoms. The first kappa shape index (κ1) is 14.8. The monoisotopic (exact) mass is 305 g/mol. The number of rotatable bonds is 4. The molecule has 19 heavy (non-hydrogen) atoms. The van der Waals surface area contributed by atoms with E-state index in [1.165, 1.54) is 21.4 Å². The van der Waals surface area contributed by atoms with Gasteiger partial charge in [-0.1, -0.05) is 13.8 Å². The Morgan fingerprint density at radius 3 is 2.63 bits per heavy atom. The Balaban J connectivity index is 2.20. The van der Waals surface area contributed by atoms with E-state index in [4.69, 9.17) is 5.11 Å². The van der Waals surface area contributed by atoms with Crippen molar-refractivity contribution >= 4 is 21.8 Å². The number of sulfonamides is 1. The molecular formula is C11H19N3O3S2. The van der Waals surface area contributed by atoms with Crippen molar-refractivity contribution < 1.29 is 13.5 Å². The molecule has 8 heteroatoms. The highest BCUT2D eigenvalue weighted by molar-refractivity contribution is 8.00. The fraction of sp³-hybridized carbons (Fsp3) is 0.727. The standard InChI is InChI=1S/C11H19N3O3S2/c1-9-6-14(7-10(2)18-9)19(16,17)11-5-12-13(8-11)3-4-15/h5,8-10,15H,3-4,6-7H2,1-2H3. The minimum absolute atomic E-state index is 0.0599. The molecule has 1 aromatic rings. The van der Waals surface area contributed by atoms with E-state index in [1.54, 1.807) is 0 Å². The second-order valence-electron chi connectivity index (χ2n) is 4.74. The molecule has 1 aromatic heterocycles. The minimum atomic E-state index is -3.47. The highest BCUT2D eigenvalue weighted by atomic mass is 32.2. The van der Waals surface area contributed by atoms with E-state index in [0.717, 1.165) is 0 Å². The summed E-state index contributed by atoms with van der Waals surface area (Å²) in [5, 5.41) is 13.4. The molecule has 0 spiro atoms. The van der Waals surface area contributed by atoms with Gasteiger partial charge in [-0.05, 0) is 0 Å². The lowest BCUT2D eigenvalue weighted by Crippen LogP contribution is -2.43. The summed E-state index contributed by atoms with van der Waals surface area (Å²) >= 11 is 1.81. The van der Waals surface area contributed by atoms with Crippen LogP contribution in [0.25, 0.3) is 0 Å². The SMILES string of the molecule is CC1CN(S(=O)(=O)c2cnn(CCO)c2)CC(C)S1. The van der Waals surface area contributed by atoms with E-state index in [0.29, 0.717) is 30.1 Å². The van der Waals surface area contributed by atoms with Crippen LogP contribution in [0.5, 0.6) is 0 Å². The van der Waals surface area contributed by atoms with E-state index in [-0.39, 0.29) is 11.5 Å². The van der Waals surface area contributed by atoms with Gasteiger partial charge in [0.15, 0.2) is 0 Å². The Hall–Kier alpha value is -0.570. The molecule has 108 valence electrons. The molecule has 0 aliphatic carbocycles. The Morgan fingerprint density at radius 2 is 2.05 bits per heavy atom. The normalized spacial score (nSPS) is 25.6. The molecular weight excluding hydrogens is 286 g/mol. The summed E-state index contributed by atoms with van der Waals surface area (Å²) < 4.78 is 28.0. The molecule has 1 aliphatic rings. The number of aromatic nitrogens is 2. The van der Waals surface area contributed by atoms with Gasteiger partial charge in [-0.2, -0.15) is 21.2 Å². The molecule has 0 amide bonds. The zero-order valence-electron chi connectivity index (χ0n) is 11.1. The second kappa shape index (κ2) is 5.82. The van der Waals surface area contributed by atoms with Crippen molar-refractivity contribution in [2.24, 2.45) is 0 Å². The first-order valence-corrected chi connectivity index (χ1v) is 8.60. The van der Waals surface area contributed by atoms with Crippen LogP contribution in [-0.4, -0.2) is 57.8 Å². The van der Waals surface area contributed by atoms with Crippen LogP contribution in [0.15, 0.2) is 17.3 Å². The molecule has 1 saturated heterocycles. The van der Waals surface area contributed by atoms with Crippen LogP contribution in [0.3, 0.4) is 0 Å². The highest BCUT2D eigenvalue weighted by Crippen LogP contribution is 2.28. The van der Waals surface area contributed by atoms with Crippen molar-refractivity contribution in [3.8, 4) is 0 Å². The Labute approximate surface area is 117 Å². The quantitative estimate of drug-likeness (QED) is 0.871. The summed E-state index contributed by atoms with van der Waals surface area (Å²) in [7, 11) is -3.47. The molecule has 0 aromatic carbocycles. The van der Waals surface area contributed by atoms with Gasteiger partial charge < -0.3 is 5.11 Å². The molecule has 6 nitrogen and oxygen atoms in total. The van der Waals surface area contributed by atoms with Crippen molar-refractivity contribution in [2.45, 2.75) is 35.8 Å². The van der Waals surface area contributed by atoms with Crippen molar-refractivity contribution in [3.05, 3.63) is 12.4 Å². The van der Waals surface area contributed by atoms with Crippen molar-refractivity contribution in [2.75, 3.05) is 19.7 Å². The summed E-state index contributed by atoms with van der Waals surface area (Å²) in [5.41, 5.74) is 0. The summed E-state index contributed by atoms with van der Waals surface area (Å²) in [6.07, 6.45) is 2.82. The van der Waals surface area contributed by atoms with Gasteiger partial charge in [-0.25, -0.2) is 8.42 Å². The van der Waals surface area contributed by atoms with Gasteiger partial charge in [-0.3, -0.25) is 4.68 Å². The van der Waals surface area contributed by atoms with Crippen LogP contribution in [0, 0.1) is 0 Å². The lowest BCUT2D eigenvalue weighted by atomic mass is 10.4. The van der Waals surface area contributed by atoms with Gasteiger partial charge in [0.2, 0.25) is 10.0 Å². The largest absolute Gasteiger partial charge is 0.394 e. The number of hydrogen-bond donors (Lipinski definition) is 1. The molecule has 0 saturated carbocycles. The van der Waals surface area contributed by atoms with Crippen LogP contribution in [0.1, 0.15) is 13.8 Å². The molecule has 2 rings (SSSR count). The van der Waals surface area contributed by atoms with Crippen molar-refractivity contribution in [1.29, 1.82) is 0 Å². The van der Waals surface area contributed by atoms with Crippen molar-refractivity contribution in [1.82, 2.24) is 14.1 Å². The van der Waals surface area contributed by atoms with E-state index in [2.05, 4.69) is 5.10 Å². The van der Waals surface area contributed by atoms with Gasteiger partial charge in [0, 0.05) is 29.8 Å². The third-order valence-electron chi connectivity index (χ3n) is 2.96. The fourth-order valence-corrected chi connectivity index (χ4v) is 5.27. The average Bonchev–Trinajstić information content (AvgIpc) is 2.77. The maximum atomic E-state index is 12.5. The fourth-order valence-electron chi connectivity index (χ4n) is 2.18. The van der Waals surface area contributed by atoms with E-state index in [9.17, 15) is 8.42 Å². The summed E-state index contributed by atoms with van der Waals surface area (Å²) in [6, 6.07) is 0. The Morgan fingerprint density at radius 1 is 1.42 bits per heavy atom. The number of nitrogens with zero attached hydrogens (tertiary/aromatic N) is 3. The van der Waals surface area contributed by atoms with Crippen LogP contribution < -0.4 is 0 Å². The predicted octanol–water partition coefficient (Wildman–Crippen LogP) is 0.390. The molecule has 1 aliphatic heterocycles. The van der Waals surface area contributed by atoms with Crippen LogP contribution in [0.4, 0.5) is 0 Å². The summed E-state index contributed by atoms with van der Waals surface area (Å²) in [5.74, 6) is 0. The predicted molar refractivity (Wildman–Crippen MR) is 74.6 cm³/mol. The van der Waals surface area contributed by atoms with Crippen LogP contribution in [-0.2, 0) is 16.6 Å². The first-order chi connectivity index (χ1) is 8.93. The zero-order valence-corrected chi connectivity index (χ0v) is 12.7. The molecule has 0 radical (unpaired) electrons. The highest BCUT2D eigenvalue weighted by Gasteiger charge is 2.32. The second-order valence-corrected chi connectivity index (χ2v) is 8.56. The van der Waals surface area contributed by atoms with Gasteiger partial charge in [0.25, 0.3) is 0 Å². The first-order valence-electron chi connectivity index (χ1n) is 6.22. The maximum Gasteiger partial charge on any atom is 0.246 e. The lowest BCUT2D eigenvalue weighted by molar-refractivity contribution is 0.269. The summed E-state index contributed by atoms with van der Waals surface area (Å²) in [4.78, 5) is 0.201. The van der Waals surface area contributed by atoms with E-state index < -0.39 is 10.0 Å². The number of aliphatic hydroxyl groups excluding tert-OH is 1. The third kappa shape index (κ3) is 3.31. The molecule has 1 N–H and O–H groups in total. The maximum absolute atomic E-state index is 12.5. The number of hydrogen-bond acceptors (Lipinski definition) is 5. The van der Waals surface area contributed by atoms with Gasteiger partial charge in [-0.15, -0.1) is 0 Å².